The van der Waals surface area contributed by atoms with E-state index in [1.54, 1.807) is 12.1 Å². The van der Waals surface area contributed by atoms with Crippen molar-refractivity contribution < 1.29 is 24.5 Å². The molecule has 1 heterocycles. The Morgan fingerprint density at radius 3 is 2.71 bits per heavy atom. The van der Waals surface area contributed by atoms with Gasteiger partial charge in [0.15, 0.2) is 11.4 Å². The fraction of sp³-hybridized carbons (Fsp3) is 0.154. The van der Waals surface area contributed by atoms with Crippen LogP contribution < -0.4 is 10.1 Å². The van der Waals surface area contributed by atoms with Crippen molar-refractivity contribution in [3.05, 3.63) is 29.0 Å². The lowest BCUT2D eigenvalue weighted by Crippen LogP contribution is -2.30. The summed E-state index contributed by atoms with van der Waals surface area (Å²) in [5, 5.41) is 21.5. The lowest BCUT2D eigenvalue weighted by molar-refractivity contribution is -0.135. The van der Waals surface area contributed by atoms with E-state index in [1.165, 1.54) is 13.2 Å². The van der Waals surface area contributed by atoms with Gasteiger partial charge in [0.25, 0.3) is 5.91 Å². The Bertz CT molecular complexity index is 732. The molecule has 0 unspecified atom stereocenters. The van der Waals surface area contributed by atoms with Crippen molar-refractivity contribution in [3.8, 4) is 11.5 Å². The summed E-state index contributed by atoms with van der Waals surface area (Å²) >= 11 is 5.98. The van der Waals surface area contributed by atoms with Crippen molar-refractivity contribution in [2.45, 2.75) is 0 Å². The summed E-state index contributed by atoms with van der Waals surface area (Å²) in [6, 6.07) is 4.74. The fourth-order valence-electron chi connectivity index (χ4n) is 1.76. The van der Waals surface area contributed by atoms with E-state index in [-0.39, 0.29) is 16.2 Å². The summed E-state index contributed by atoms with van der Waals surface area (Å²) < 4.78 is 5.04. The number of rotatable bonds is 4. The lowest BCUT2D eigenvalue weighted by Gasteiger charge is -2.10. The molecule has 0 aliphatic rings. The van der Waals surface area contributed by atoms with Gasteiger partial charge in [-0.25, -0.2) is 4.98 Å². The Balaban J connectivity index is 2.52. The maximum Gasteiger partial charge on any atom is 0.322 e. The predicted octanol–water partition coefficient (Wildman–Crippen LogP) is 1.42. The van der Waals surface area contributed by atoms with Gasteiger partial charge in [-0.3, -0.25) is 9.59 Å². The quantitative estimate of drug-likeness (QED) is 0.737. The second kappa shape index (κ2) is 5.84. The van der Waals surface area contributed by atoms with Crippen LogP contribution in [0.4, 0.5) is 0 Å². The van der Waals surface area contributed by atoms with Gasteiger partial charge in [-0.2, -0.15) is 0 Å². The molecule has 0 aliphatic carbocycles. The molecule has 0 saturated heterocycles. The maximum atomic E-state index is 11.8. The normalized spacial score (nSPS) is 10.4. The number of aromatic nitrogens is 1. The van der Waals surface area contributed by atoms with E-state index >= 15 is 0 Å². The highest BCUT2D eigenvalue weighted by atomic mass is 35.5. The fourth-order valence-corrected chi connectivity index (χ4v) is 2.01. The van der Waals surface area contributed by atoms with Crippen LogP contribution >= 0.6 is 11.6 Å². The van der Waals surface area contributed by atoms with Crippen LogP contribution in [0, 0.1) is 0 Å². The minimum absolute atomic E-state index is 0.0194. The third-order valence-corrected chi connectivity index (χ3v) is 3.04. The van der Waals surface area contributed by atoms with Gasteiger partial charge in [0.2, 0.25) is 0 Å². The number of aliphatic carboxylic acids is 1. The number of ether oxygens (including phenoxy) is 1. The molecule has 1 amide bonds. The van der Waals surface area contributed by atoms with E-state index in [4.69, 9.17) is 21.4 Å². The van der Waals surface area contributed by atoms with Crippen LogP contribution in [-0.2, 0) is 4.79 Å². The maximum absolute atomic E-state index is 11.8. The van der Waals surface area contributed by atoms with Crippen LogP contribution in [0.25, 0.3) is 10.8 Å². The molecule has 2 aromatic rings. The Morgan fingerprint density at radius 2 is 2.10 bits per heavy atom. The predicted molar refractivity (Wildman–Crippen MR) is 74.9 cm³/mol. The van der Waals surface area contributed by atoms with Gasteiger partial charge in [-0.15, -0.1) is 0 Å². The van der Waals surface area contributed by atoms with Crippen molar-refractivity contribution in [1.29, 1.82) is 0 Å². The van der Waals surface area contributed by atoms with Gasteiger partial charge in [-0.05, 0) is 18.2 Å². The molecule has 0 bridgehead atoms. The molecule has 8 heteroatoms. The van der Waals surface area contributed by atoms with Gasteiger partial charge in [0, 0.05) is 10.8 Å². The molecular weight excluding hydrogens is 300 g/mol. The number of nitrogens with one attached hydrogen (secondary N) is 1. The molecule has 21 heavy (non-hydrogen) atoms. The first-order valence-corrected chi connectivity index (χ1v) is 6.18. The first-order chi connectivity index (χ1) is 9.93. The summed E-state index contributed by atoms with van der Waals surface area (Å²) in [5.74, 6) is -1.97. The van der Waals surface area contributed by atoms with Crippen LogP contribution in [0.1, 0.15) is 10.5 Å². The van der Waals surface area contributed by atoms with Crippen molar-refractivity contribution in [2.24, 2.45) is 0 Å². The number of carboxylic acids is 1. The number of aromatic hydroxyl groups is 1. The van der Waals surface area contributed by atoms with Crippen LogP contribution in [0.3, 0.4) is 0 Å². The zero-order valence-corrected chi connectivity index (χ0v) is 11.6. The molecule has 0 fully saturated rings. The van der Waals surface area contributed by atoms with E-state index in [2.05, 4.69) is 10.3 Å². The molecule has 0 saturated carbocycles. The molecule has 110 valence electrons. The van der Waals surface area contributed by atoms with E-state index in [1.807, 2.05) is 0 Å². The van der Waals surface area contributed by atoms with Crippen molar-refractivity contribution in [2.75, 3.05) is 13.7 Å². The summed E-state index contributed by atoms with van der Waals surface area (Å²) in [6.07, 6.45) is 0. The highest BCUT2D eigenvalue weighted by Gasteiger charge is 2.19. The second-order valence-electron chi connectivity index (χ2n) is 4.09. The third-order valence-electron chi connectivity index (χ3n) is 2.75. The second-order valence-corrected chi connectivity index (χ2v) is 4.45. The summed E-state index contributed by atoms with van der Waals surface area (Å²) in [4.78, 5) is 26.1. The zero-order valence-electron chi connectivity index (χ0n) is 10.9. The molecule has 0 atom stereocenters. The number of carbonyl (C=O) groups is 2. The van der Waals surface area contributed by atoms with E-state index < -0.39 is 24.2 Å². The Kier molecular flexibility index (Phi) is 4.13. The Hall–Kier alpha value is -2.54. The zero-order chi connectivity index (χ0) is 15.6. The third kappa shape index (κ3) is 2.97. The molecule has 3 N–H and O–H groups in total. The SMILES string of the molecule is COc1ccc2c(Cl)nc(C(=O)NCC(=O)O)c(O)c2c1. The largest absolute Gasteiger partial charge is 0.505 e. The van der Waals surface area contributed by atoms with Crippen LogP contribution in [0.5, 0.6) is 11.5 Å². The van der Waals surface area contributed by atoms with Gasteiger partial charge in [0.1, 0.15) is 17.4 Å². The number of fused-ring (bicyclic) bond motifs is 1. The molecule has 0 spiro atoms. The summed E-state index contributed by atoms with van der Waals surface area (Å²) in [6.45, 7) is -0.590. The number of carbonyl (C=O) groups excluding carboxylic acids is 1. The lowest BCUT2D eigenvalue weighted by atomic mass is 10.1. The molecule has 1 aromatic carbocycles. The topological polar surface area (TPSA) is 109 Å². The molecule has 7 nitrogen and oxygen atoms in total. The minimum Gasteiger partial charge on any atom is -0.505 e. The van der Waals surface area contributed by atoms with Gasteiger partial charge in [-0.1, -0.05) is 11.6 Å². The summed E-state index contributed by atoms with van der Waals surface area (Å²) in [7, 11) is 1.46. The van der Waals surface area contributed by atoms with Crippen LogP contribution in [-0.4, -0.2) is 40.7 Å². The minimum atomic E-state index is -1.21. The van der Waals surface area contributed by atoms with Crippen LogP contribution in [0.15, 0.2) is 18.2 Å². The van der Waals surface area contributed by atoms with Crippen LogP contribution in [0.2, 0.25) is 5.15 Å². The first kappa shape index (κ1) is 14.9. The number of carboxylic acid groups (broad SMARTS) is 1. The number of hydrogen-bond donors (Lipinski definition) is 3. The number of methoxy groups -OCH3 is 1. The Labute approximate surface area is 124 Å². The number of hydrogen-bond acceptors (Lipinski definition) is 5. The van der Waals surface area contributed by atoms with Crippen molar-refractivity contribution in [3.63, 3.8) is 0 Å². The number of pyridine rings is 1. The number of amides is 1. The van der Waals surface area contributed by atoms with E-state index in [0.717, 1.165) is 0 Å². The van der Waals surface area contributed by atoms with E-state index in [9.17, 15) is 14.7 Å². The number of nitrogens with zero attached hydrogens (tertiary/aromatic N) is 1. The van der Waals surface area contributed by atoms with Gasteiger partial charge in [0.05, 0.1) is 7.11 Å². The molecule has 2 rings (SSSR count). The first-order valence-electron chi connectivity index (χ1n) is 5.80. The Morgan fingerprint density at radius 1 is 1.38 bits per heavy atom. The average Bonchev–Trinajstić information content (AvgIpc) is 2.47. The summed E-state index contributed by atoms with van der Waals surface area (Å²) in [5.41, 5.74) is -0.345. The molecule has 1 aromatic heterocycles. The smallest absolute Gasteiger partial charge is 0.322 e. The number of benzene rings is 1. The van der Waals surface area contributed by atoms with Gasteiger partial charge < -0.3 is 20.3 Å². The number of halogens is 1. The van der Waals surface area contributed by atoms with Gasteiger partial charge >= 0.3 is 5.97 Å². The van der Waals surface area contributed by atoms with E-state index in [0.29, 0.717) is 11.1 Å². The molecule has 0 radical (unpaired) electrons. The highest BCUT2D eigenvalue weighted by Crippen LogP contribution is 2.34. The van der Waals surface area contributed by atoms with Crippen molar-refractivity contribution >= 4 is 34.2 Å². The highest BCUT2D eigenvalue weighted by molar-refractivity contribution is 6.35. The monoisotopic (exact) mass is 310 g/mol. The average molecular weight is 311 g/mol. The molecule has 0 aliphatic heterocycles. The standard InChI is InChI=1S/C13H11ClN2O5/c1-21-6-2-3-7-8(4-6)11(19)10(16-12(7)14)13(20)15-5-9(17)18/h2-4,19H,5H2,1H3,(H,15,20)(H,17,18). The van der Waals surface area contributed by atoms with Crippen molar-refractivity contribution in [1.82, 2.24) is 10.3 Å². The molecular formula is C13H11ClN2O5.